The molecule has 1 aliphatic rings. The quantitative estimate of drug-likeness (QED) is 0.415. The smallest absolute Gasteiger partial charge is 0.247 e. The highest BCUT2D eigenvalue weighted by molar-refractivity contribution is 7.98. The van der Waals surface area contributed by atoms with Crippen LogP contribution in [0, 0.1) is 0 Å². The molecule has 154 valence electrons. The Kier molecular flexibility index (Phi) is 5.03. The van der Waals surface area contributed by atoms with Gasteiger partial charge in [-0.05, 0) is 23.1 Å². The molecule has 1 atom stereocenters. The third-order valence-corrected chi connectivity index (χ3v) is 5.89. The van der Waals surface area contributed by atoms with Crippen LogP contribution in [0.4, 0.5) is 5.69 Å². The molecule has 0 spiro atoms. The molecule has 31 heavy (non-hydrogen) atoms. The lowest BCUT2D eigenvalue weighted by Gasteiger charge is -2.31. The Morgan fingerprint density at radius 1 is 1.03 bits per heavy atom. The minimum Gasteiger partial charge on any atom is -0.447 e. The molecule has 4 aromatic rings. The number of anilines is 1. The average Bonchev–Trinajstić information content (AvgIpc) is 2.97. The third-order valence-electron chi connectivity index (χ3n) is 5.35. The summed E-state index contributed by atoms with van der Waals surface area (Å²) >= 11 is 1.40. The minimum atomic E-state index is -0.688. The summed E-state index contributed by atoms with van der Waals surface area (Å²) in [6, 6.07) is 21.8. The van der Waals surface area contributed by atoms with Crippen molar-refractivity contribution in [3.05, 3.63) is 72.3 Å². The molecule has 0 radical (unpaired) electrons. The van der Waals surface area contributed by atoms with Gasteiger partial charge in [-0.15, -0.1) is 10.2 Å². The average molecular weight is 429 g/mol. The molecular formula is C24H20N4O2S. The van der Waals surface area contributed by atoms with Crippen LogP contribution in [-0.2, 0) is 4.79 Å². The lowest BCUT2D eigenvalue weighted by atomic mass is 10.0. The van der Waals surface area contributed by atoms with E-state index in [0.29, 0.717) is 23.2 Å². The first-order valence-electron chi connectivity index (χ1n) is 10.1. The molecule has 0 aliphatic carbocycles. The first-order chi connectivity index (χ1) is 15.2. The van der Waals surface area contributed by atoms with Gasteiger partial charge in [0.15, 0.2) is 5.69 Å². The van der Waals surface area contributed by atoms with Crippen LogP contribution in [-0.4, -0.2) is 27.3 Å². The van der Waals surface area contributed by atoms with E-state index < -0.39 is 6.23 Å². The summed E-state index contributed by atoms with van der Waals surface area (Å²) in [6.45, 7) is 1.85. The van der Waals surface area contributed by atoms with Gasteiger partial charge in [-0.1, -0.05) is 79.3 Å². The van der Waals surface area contributed by atoms with Gasteiger partial charge in [-0.2, -0.15) is 4.98 Å². The van der Waals surface area contributed by atoms with Gasteiger partial charge < -0.3 is 4.74 Å². The Labute approximate surface area is 184 Å². The van der Waals surface area contributed by atoms with E-state index in [-0.39, 0.29) is 5.91 Å². The fourth-order valence-corrected chi connectivity index (χ4v) is 4.20. The van der Waals surface area contributed by atoms with E-state index in [2.05, 4.69) is 27.3 Å². The molecule has 0 fully saturated rings. The number of hydrogen-bond donors (Lipinski definition) is 0. The van der Waals surface area contributed by atoms with Crippen molar-refractivity contribution in [2.45, 2.75) is 24.7 Å². The second kappa shape index (κ2) is 8.00. The Morgan fingerprint density at radius 2 is 1.81 bits per heavy atom. The molecule has 1 aliphatic heterocycles. The van der Waals surface area contributed by atoms with E-state index in [0.717, 1.165) is 27.6 Å². The van der Waals surface area contributed by atoms with Crippen molar-refractivity contribution in [2.75, 3.05) is 11.2 Å². The van der Waals surface area contributed by atoms with Gasteiger partial charge >= 0.3 is 0 Å². The number of hydrogen-bond acceptors (Lipinski definition) is 6. The van der Waals surface area contributed by atoms with E-state index in [9.17, 15) is 4.79 Å². The van der Waals surface area contributed by atoms with Crippen molar-refractivity contribution in [3.8, 4) is 17.1 Å². The highest BCUT2D eigenvalue weighted by atomic mass is 32.2. The number of nitrogens with zero attached hydrogens (tertiary/aromatic N) is 4. The SMILES string of the molecule is CCC(=O)N1c2ccccc2-c2nnc(SC)nc2OC1c1cccc2ccccc12. The van der Waals surface area contributed by atoms with Gasteiger partial charge in [-0.25, -0.2) is 0 Å². The summed E-state index contributed by atoms with van der Waals surface area (Å²) < 4.78 is 6.49. The zero-order chi connectivity index (χ0) is 21.4. The zero-order valence-corrected chi connectivity index (χ0v) is 18.0. The van der Waals surface area contributed by atoms with Crippen LogP contribution in [0.5, 0.6) is 5.88 Å². The van der Waals surface area contributed by atoms with Crippen LogP contribution in [0.25, 0.3) is 22.0 Å². The summed E-state index contributed by atoms with van der Waals surface area (Å²) in [5.74, 6) is 0.326. The Morgan fingerprint density at radius 3 is 2.65 bits per heavy atom. The highest BCUT2D eigenvalue weighted by Crippen LogP contribution is 2.44. The molecule has 6 nitrogen and oxygen atoms in total. The number of carbonyl (C=O) groups excluding carboxylic acids is 1. The molecule has 0 bridgehead atoms. The van der Waals surface area contributed by atoms with Crippen molar-refractivity contribution in [2.24, 2.45) is 0 Å². The zero-order valence-electron chi connectivity index (χ0n) is 17.1. The third kappa shape index (κ3) is 3.31. The van der Waals surface area contributed by atoms with E-state index in [1.807, 2.05) is 67.8 Å². The topological polar surface area (TPSA) is 68.2 Å². The van der Waals surface area contributed by atoms with Crippen LogP contribution in [0.15, 0.2) is 71.9 Å². The summed E-state index contributed by atoms with van der Waals surface area (Å²) in [4.78, 5) is 19.6. The lowest BCUT2D eigenvalue weighted by molar-refractivity contribution is -0.120. The first-order valence-corrected chi connectivity index (χ1v) is 11.3. The molecular weight excluding hydrogens is 408 g/mol. The number of aromatic nitrogens is 3. The lowest BCUT2D eigenvalue weighted by Crippen LogP contribution is -2.37. The molecule has 0 N–H and O–H groups in total. The maximum Gasteiger partial charge on any atom is 0.247 e. The second-order valence-electron chi connectivity index (χ2n) is 7.13. The van der Waals surface area contributed by atoms with Gasteiger partial charge in [0.25, 0.3) is 0 Å². The molecule has 7 heteroatoms. The van der Waals surface area contributed by atoms with Crippen molar-refractivity contribution in [1.82, 2.24) is 15.2 Å². The van der Waals surface area contributed by atoms with Gasteiger partial charge in [0.05, 0.1) is 5.69 Å². The Hall–Kier alpha value is -3.45. The molecule has 0 saturated heterocycles. The van der Waals surface area contributed by atoms with E-state index >= 15 is 0 Å². The summed E-state index contributed by atoms with van der Waals surface area (Å²) in [5.41, 5.74) is 2.94. The number of rotatable bonds is 3. The standard InChI is InChI=1S/C24H20N4O2S/c1-3-20(29)28-19-14-7-6-12-18(19)21-22(25-24(31-2)27-26-21)30-23(28)17-13-8-10-15-9-4-5-11-16(15)17/h4-14,23H,3H2,1-2H3. The molecule has 2 heterocycles. The summed E-state index contributed by atoms with van der Waals surface area (Å²) in [5, 5.41) is 11.2. The molecule has 0 saturated carbocycles. The number of para-hydroxylation sites is 1. The van der Waals surface area contributed by atoms with Crippen LogP contribution in [0.3, 0.4) is 0 Å². The Balaban J connectivity index is 1.81. The second-order valence-corrected chi connectivity index (χ2v) is 7.90. The number of carbonyl (C=O) groups is 1. The van der Waals surface area contributed by atoms with Crippen molar-refractivity contribution in [3.63, 3.8) is 0 Å². The fraction of sp³-hybridized carbons (Fsp3) is 0.167. The minimum absolute atomic E-state index is 0.0451. The van der Waals surface area contributed by atoms with Crippen molar-refractivity contribution in [1.29, 1.82) is 0 Å². The van der Waals surface area contributed by atoms with Gasteiger partial charge in [0, 0.05) is 17.5 Å². The van der Waals surface area contributed by atoms with Gasteiger partial charge in [0.2, 0.25) is 23.2 Å². The maximum absolute atomic E-state index is 13.3. The molecule has 1 unspecified atom stereocenters. The predicted molar refractivity (Wildman–Crippen MR) is 122 cm³/mol. The van der Waals surface area contributed by atoms with Crippen molar-refractivity contribution < 1.29 is 9.53 Å². The fourth-order valence-electron chi connectivity index (χ4n) is 3.91. The van der Waals surface area contributed by atoms with Crippen LogP contribution < -0.4 is 9.64 Å². The number of benzene rings is 3. The number of fused-ring (bicyclic) bond motifs is 4. The molecule has 1 amide bonds. The van der Waals surface area contributed by atoms with E-state index in [1.54, 1.807) is 4.90 Å². The monoisotopic (exact) mass is 428 g/mol. The van der Waals surface area contributed by atoms with Crippen LogP contribution >= 0.6 is 11.8 Å². The number of ether oxygens (including phenoxy) is 1. The number of thioether (sulfide) groups is 1. The van der Waals surface area contributed by atoms with Gasteiger partial charge in [-0.3, -0.25) is 9.69 Å². The molecule has 3 aromatic carbocycles. The van der Waals surface area contributed by atoms with E-state index in [1.165, 1.54) is 11.8 Å². The summed E-state index contributed by atoms with van der Waals surface area (Å²) in [7, 11) is 0. The normalized spacial score (nSPS) is 15.0. The predicted octanol–water partition coefficient (Wildman–Crippen LogP) is 5.25. The first kappa shape index (κ1) is 19.5. The van der Waals surface area contributed by atoms with Crippen molar-refractivity contribution >= 4 is 34.1 Å². The molecule has 1 aromatic heterocycles. The van der Waals surface area contributed by atoms with E-state index in [4.69, 9.17) is 4.74 Å². The van der Waals surface area contributed by atoms with Crippen LogP contribution in [0.2, 0.25) is 0 Å². The largest absolute Gasteiger partial charge is 0.447 e. The number of amides is 1. The summed E-state index contributed by atoms with van der Waals surface area (Å²) in [6.07, 6.45) is 1.54. The van der Waals surface area contributed by atoms with Gasteiger partial charge in [0.1, 0.15) is 0 Å². The van der Waals surface area contributed by atoms with Crippen LogP contribution in [0.1, 0.15) is 25.1 Å². The molecule has 5 rings (SSSR count). The maximum atomic E-state index is 13.3. The highest BCUT2D eigenvalue weighted by Gasteiger charge is 2.35. The Bertz CT molecular complexity index is 1290.